The van der Waals surface area contributed by atoms with Gasteiger partial charge in [-0.05, 0) is 43.6 Å². The predicted molar refractivity (Wildman–Crippen MR) is 104 cm³/mol. The van der Waals surface area contributed by atoms with Crippen LogP contribution in [0.4, 0.5) is 0 Å². The minimum absolute atomic E-state index is 0.0753. The van der Waals surface area contributed by atoms with Crippen molar-refractivity contribution < 1.29 is 19.4 Å². The highest BCUT2D eigenvalue weighted by Crippen LogP contribution is 2.41. The molecule has 0 saturated carbocycles. The summed E-state index contributed by atoms with van der Waals surface area (Å²) in [5.41, 5.74) is 1.04. The number of benzene rings is 1. The normalized spacial score (nSPS) is 16.9. The number of methoxy groups -OCH3 is 2. The highest BCUT2D eigenvalue weighted by molar-refractivity contribution is 7.17. The maximum absolute atomic E-state index is 11.9. The van der Waals surface area contributed by atoms with Crippen LogP contribution in [0.25, 0.3) is 4.96 Å². The zero-order valence-electron chi connectivity index (χ0n) is 15.7. The molecule has 1 N–H and O–H groups in total. The molecule has 9 heteroatoms. The molecular weight excluding hydrogens is 380 g/mol. The molecular formula is C19H22N4O4S. The van der Waals surface area contributed by atoms with E-state index < -0.39 is 0 Å². The third-order valence-corrected chi connectivity index (χ3v) is 6.33. The van der Waals surface area contributed by atoms with Crippen molar-refractivity contribution in [2.75, 3.05) is 27.3 Å². The second-order valence-electron chi connectivity index (χ2n) is 6.75. The predicted octanol–water partition coefficient (Wildman–Crippen LogP) is 2.48. The molecule has 28 heavy (non-hydrogen) atoms. The first kappa shape index (κ1) is 18.7. The van der Waals surface area contributed by atoms with Crippen molar-refractivity contribution in [1.82, 2.24) is 19.5 Å². The van der Waals surface area contributed by atoms with E-state index in [0.717, 1.165) is 42.1 Å². The molecule has 0 bridgehead atoms. The Morgan fingerprint density at radius 1 is 1.25 bits per heavy atom. The summed E-state index contributed by atoms with van der Waals surface area (Å²) in [6.07, 6.45) is 2.88. The number of aromatic nitrogens is 3. The van der Waals surface area contributed by atoms with Gasteiger partial charge in [0.05, 0.1) is 31.1 Å². The maximum atomic E-state index is 11.9. The number of esters is 1. The van der Waals surface area contributed by atoms with Crippen molar-refractivity contribution in [3.8, 4) is 11.6 Å². The number of nitrogens with zero attached hydrogens (tertiary/aromatic N) is 4. The van der Waals surface area contributed by atoms with Crippen LogP contribution in [0.15, 0.2) is 30.6 Å². The number of piperidine rings is 1. The third-order valence-electron chi connectivity index (χ3n) is 5.25. The van der Waals surface area contributed by atoms with Crippen LogP contribution >= 0.6 is 11.3 Å². The number of fused-ring (bicyclic) bond motifs is 1. The van der Waals surface area contributed by atoms with E-state index in [2.05, 4.69) is 15.0 Å². The molecule has 1 saturated heterocycles. The van der Waals surface area contributed by atoms with Crippen molar-refractivity contribution in [3.63, 3.8) is 0 Å². The number of carbonyl (C=O) groups is 1. The first-order chi connectivity index (χ1) is 13.6. The second-order valence-corrected chi connectivity index (χ2v) is 7.76. The summed E-state index contributed by atoms with van der Waals surface area (Å²) >= 11 is 1.42. The van der Waals surface area contributed by atoms with Crippen LogP contribution in [0.3, 0.4) is 0 Å². The quantitative estimate of drug-likeness (QED) is 0.656. The Morgan fingerprint density at radius 2 is 1.96 bits per heavy atom. The van der Waals surface area contributed by atoms with Crippen LogP contribution in [-0.2, 0) is 9.53 Å². The molecule has 0 amide bonds. The number of ether oxygens (including phenoxy) is 2. The summed E-state index contributed by atoms with van der Waals surface area (Å²) in [5.74, 6) is 0.656. The van der Waals surface area contributed by atoms with Crippen molar-refractivity contribution in [1.29, 1.82) is 0 Å². The zero-order valence-corrected chi connectivity index (χ0v) is 16.6. The Morgan fingerprint density at radius 3 is 2.57 bits per heavy atom. The Labute approximate surface area is 166 Å². The first-order valence-electron chi connectivity index (χ1n) is 9.09. The molecule has 3 aromatic rings. The molecule has 8 nitrogen and oxygen atoms in total. The van der Waals surface area contributed by atoms with Gasteiger partial charge in [-0.3, -0.25) is 9.69 Å². The summed E-state index contributed by atoms with van der Waals surface area (Å²) in [7, 11) is 3.07. The lowest BCUT2D eigenvalue weighted by molar-refractivity contribution is -0.147. The van der Waals surface area contributed by atoms with Crippen molar-refractivity contribution in [2.24, 2.45) is 5.92 Å². The molecule has 4 rings (SSSR count). The molecule has 0 aliphatic carbocycles. The van der Waals surface area contributed by atoms with E-state index in [9.17, 15) is 9.90 Å². The first-order valence-corrected chi connectivity index (χ1v) is 9.91. The molecule has 1 aliphatic rings. The van der Waals surface area contributed by atoms with Crippen LogP contribution in [0.2, 0.25) is 0 Å². The Kier molecular flexibility index (Phi) is 5.19. The monoisotopic (exact) mass is 402 g/mol. The van der Waals surface area contributed by atoms with E-state index in [1.54, 1.807) is 7.11 Å². The number of aromatic hydroxyl groups is 1. The third kappa shape index (κ3) is 3.31. The van der Waals surface area contributed by atoms with Gasteiger partial charge < -0.3 is 14.6 Å². The zero-order chi connectivity index (χ0) is 19.7. The molecule has 148 valence electrons. The van der Waals surface area contributed by atoms with Gasteiger partial charge in [-0.2, -0.15) is 9.61 Å². The van der Waals surface area contributed by atoms with Crippen molar-refractivity contribution >= 4 is 22.3 Å². The van der Waals surface area contributed by atoms with E-state index in [0.29, 0.717) is 4.96 Å². The minimum Gasteiger partial charge on any atom is -0.497 e. The topological polar surface area (TPSA) is 89.2 Å². The number of carbonyl (C=O) groups excluding carboxylic acids is 1. The van der Waals surface area contributed by atoms with E-state index >= 15 is 0 Å². The molecule has 3 heterocycles. The van der Waals surface area contributed by atoms with Crippen molar-refractivity contribution in [3.05, 3.63) is 41.0 Å². The minimum atomic E-state index is -0.155. The van der Waals surface area contributed by atoms with Crippen LogP contribution < -0.4 is 4.74 Å². The summed E-state index contributed by atoms with van der Waals surface area (Å²) < 4.78 is 11.6. The summed E-state index contributed by atoms with van der Waals surface area (Å²) in [6.45, 7) is 1.45. The molecule has 2 aromatic heterocycles. The average Bonchev–Trinajstić information content (AvgIpc) is 3.32. The Bertz CT molecular complexity index is 960. The molecule has 1 fully saturated rings. The highest BCUT2D eigenvalue weighted by atomic mass is 32.1. The van der Waals surface area contributed by atoms with Crippen LogP contribution in [0.5, 0.6) is 11.6 Å². The lowest BCUT2D eigenvalue weighted by Crippen LogP contribution is -2.39. The van der Waals surface area contributed by atoms with Gasteiger partial charge in [-0.25, -0.2) is 4.98 Å². The van der Waals surface area contributed by atoms with Crippen LogP contribution in [0.1, 0.15) is 29.3 Å². The maximum Gasteiger partial charge on any atom is 0.308 e. The van der Waals surface area contributed by atoms with Crippen molar-refractivity contribution in [2.45, 2.75) is 18.9 Å². The fourth-order valence-corrected chi connectivity index (χ4v) is 4.84. The largest absolute Gasteiger partial charge is 0.497 e. The molecule has 0 unspecified atom stereocenters. The fraction of sp³-hybridized carbons (Fsp3) is 0.421. The number of rotatable bonds is 5. The van der Waals surface area contributed by atoms with Gasteiger partial charge in [0, 0.05) is 0 Å². The second kappa shape index (κ2) is 7.76. The lowest BCUT2D eigenvalue weighted by Gasteiger charge is -2.36. The SMILES string of the molecule is COC(=O)C1CCN([C@H](c2ccc(OC)cc2)c2sc3ncnn3c2O)CC1. The Balaban J connectivity index is 1.68. The van der Waals surface area contributed by atoms with Gasteiger partial charge in [0.25, 0.3) is 0 Å². The van der Waals surface area contributed by atoms with E-state index in [1.165, 1.54) is 29.3 Å². The van der Waals surface area contributed by atoms with Crippen LogP contribution in [0, 0.1) is 5.92 Å². The van der Waals surface area contributed by atoms with Gasteiger partial charge in [0.15, 0.2) is 0 Å². The molecule has 1 atom stereocenters. The standard InChI is InChI=1S/C19H22N4O4S/c1-26-14-5-3-12(4-6-14)15(16-17(24)23-19(28-16)20-11-21-23)22-9-7-13(8-10-22)18(25)27-2/h3-6,11,13,15,24H,7-10H2,1-2H3/t15-/m1/s1. The number of hydrogen-bond acceptors (Lipinski definition) is 8. The molecule has 1 aromatic carbocycles. The van der Waals surface area contributed by atoms with Gasteiger partial charge in [-0.1, -0.05) is 23.5 Å². The van der Waals surface area contributed by atoms with Gasteiger partial charge in [0.1, 0.15) is 12.1 Å². The average molecular weight is 402 g/mol. The number of hydrogen-bond donors (Lipinski definition) is 1. The lowest BCUT2D eigenvalue weighted by atomic mass is 9.93. The number of likely N-dealkylation sites (tertiary alicyclic amines) is 1. The molecule has 0 spiro atoms. The molecule has 0 radical (unpaired) electrons. The fourth-order valence-electron chi connectivity index (χ4n) is 3.75. The van der Waals surface area contributed by atoms with E-state index in [4.69, 9.17) is 9.47 Å². The Hall–Kier alpha value is -2.65. The summed E-state index contributed by atoms with van der Waals surface area (Å²) in [4.78, 5) is 19.8. The van der Waals surface area contributed by atoms with Gasteiger partial charge in [-0.15, -0.1) is 0 Å². The smallest absolute Gasteiger partial charge is 0.308 e. The van der Waals surface area contributed by atoms with E-state index in [1.807, 2.05) is 24.3 Å². The summed E-state index contributed by atoms with van der Waals surface area (Å²) in [5, 5.41) is 14.9. The molecule has 1 aliphatic heterocycles. The van der Waals surface area contributed by atoms with E-state index in [-0.39, 0.29) is 23.8 Å². The highest BCUT2D eigenvalue weighted by Gasteiger charge is 2.34. The summed E-state index contributed by atoms with van der Waals surface area (Å²) in [6, 6.07) is 7.68. The van der Waals surface area contributed by atoms with Gasteiger partial charge >= 0.3 is 5.97 Å². The number of thiazole rings is 1. The van der Waals surface area contributed by atoms with Gasteiger partial charge in [0.2, 0.25) is 10.8 Å². The van der Waals surface area contributed by atoms with Crippen LogP contribution in [-0.4, -0.2) is 57.9 Å².